The van der Waals surface area contributed by atoms with Crippen LogP contribution in [0.5, 0.6) is 0 Å². The standard InChI is InChI=1S/C22H19N7S/c1-2-3-8-21-23-20(13-14-30)26-29(21)15-16-9-11-17(12-10-16)18-6-4-5-7-19(18)22-24-27-28-25-22/h4-7,9-12,14H,8,13,15H2,1H3,(H,24,25,27,28). The molecule has 0 unspecified atom stereocenters. The summed E-state index contributed by atoms with van der Waals surface area (Å²) < 4.78 is 1.90. The fourth-order valence-electron chi connectivity index (χ4n) is 3.19. The number of aromatic amines is 1. The molecule has 148 valence electrons. The van der Waals surface area contributed by atoms with Gasteiger partial charge in [0.2, 0.25) is 0 Å². The van der Waals surface area contributed by atoms with Crippen LogP contribution in [-0.4, -0.2) is 40.8 Å². The van der Waals surface area contributed by atoms with Gasteiger partial charge in [-0.05, 0) is 39.4 Å². The van der Waals surface area contributed by atoms with E-state index in [1.54, 1.807) is 5.37 Å². The number of hydrogen-bond acceptors (Lipinski definition) is 6. The van der Waals surface area contributed by atoms with E-state index in [0.29, 0.717) is 25.2 Å². The van der Waals surface area contributed by atoms with Crippen molar-refractivity contribution in [3.8, 4) is 34.4 Å². The lowest BCUT2D eigenvalue weighted by Crippen LogP contribution is -2.07. The van der Waals surface area contributed by atoms with Crippen molar-refractivity contribution in [2.45, 2.75) is 26.3 Å². The highest BCUT2D eigenvalue weighted by molar-refractivity contribution is 7.78. The molecular formula is C22H19N7S. The van der Waals surface area contributed by atoms with Crippen molar-refractivity contribution in [3.63, 3.8) is 0 Å². The smallest absolute Gasteiger partial charge is 0.180 e. The van der Waals surface area contributed by atoms with Gasteiger partial charge in [0.05, 0.1) is 13.0 Å². The highest BCUT2D eigenvalue weighted by Crippen LogP contribution is 2.29. The van der Waals surface area contributed by atoms with Gasteiger partial charge in [-0.2, -0.15) is 5.10 Å². The maximum atomic E-state index is 4.95. The molecule has 1 N–H and O–H groups in total. The summed E-state index contributed by atoms with van der Waals surface area (Å²) in [7, 11) is 0. The van der Waals surface area contributed by atoms with Crippen LogP contribution in [0, 0.1) is 11.8 Å². The Labute approximate surface area is 179 Å². The van der Waals surface area contributed by atoms with E-state index in [1.165, 1.54) is 0 Å². The minimum Gasteiger partial charge on any atom is -0.244 e. The Morgan fingerprint density at radius 1 is 1.10 bits per heavy atom. The monoisotopic (exact) mass is 413 g/mol. The summed E-state index contributed by atoms with van der Waals surface area (Å²) in [5, 5.41) is 20.5. The van der Waals surface area contributed by atoms with E-state index in [2.05, 4.69) is 72.9 Å². The zero-order valence-corrected chi connectivity index (χ0v) is 17.2. The lowest BCUT2D eigenvalue weighted by molar-refractivity contribution is 0.647. The lowest BCUT2D eigenvalue weighted by Gasteiger charge is -2.09. The van der Waals surface area contributed by atoms with E-state index < -0.39 is 0 Å². The fourth-order valence-corrected chi connectivity index (χ4v) is 3.34. The normalized spacial score (nSPS) is 10.4. The maximum absolute atomic E-state index is 4.95. The minimum absolute atomic E-state index is 0.567. The number of nitrogens with zero attached hydrogens (tertiary/aromatic N) is 6. The molecule has 0 radical (unpaired) electrons. The average Bonchev–Trinajstić information content (AvgIpc) is 3.44. The van der Waals surface area contributed by atoms with Crippen molar-refractivity contribution >= 4 is 17.6 Å². The van der Waals surface area contributed by atoms with Crippen molar-refractivity contribution in [2.75, 3.05) is 0 Å². The summed E-state index contributed by atoms with van der Waals surface area (Å²) in [6, 6.07) is 16.4. The SMILES string of the molecule is CC#CCc1nc(CC=S)nn1Cc1ccc(-c2ccccc2-c2nnn[nH]2)cc1. The summed E-state index contributed by atoms with van der Waals surface area (Å²) in [6.45, 7) is 2.45. The molecule has 0 aliphatic carbocycles. The molecule has 2 aromatic carbocycles. The quantitative estimate of drug-likeness (QED) is 0.370. The van der Waals surface area contributed by atoms with Crippen molar-refractivity contribution in [1.29, 1.82) is 0 Å². The van der Waals surface area contributed by atoms with Gasteiger partial charge >= 0.3 is 0 Å². The van der Waals surface area contributed by atoms with Crippen LogP contribution in [0.1, 0.15) is 24.1 Å². The van der Waals surface area contributed by atoms with Crippen LogP contribution in [-0.2, 0) is 19.4 Å². The summed E-state index contributed by atoms with van der Waals surface area (Å²) in [5.41, 5.74) is 4.23. The second-order valence-corrected chi connectivity index (χ2v) is 6.90. The van der Waals surface area contributed by atoms with Crippen LogP contribution >= 0.6 is 12.2 Å². The second-order valence-electron chi connectivity index (χ2n) is 6.57. The van der Waals surface area contributed by atoms with Crippen LogP contribution < -0.4 is 0 Å². The summed E-state index contributed by atoms with van der Waals surface area (Å²) in [5.74, 6) is 8.20. The first-order valence-corrected chi connectivity index (χ1v) is 9.94. The molecule has 4 rings (SSSR count). The molecule has 0 fully saturated rings. The van der Waals surface area contributed by atoms with Gasteiger partial charge in [0.25, 0.3) is 0 Å². The molecule has 0 atom stereocenters. The van der Waals surface area contributed by atoms with Crippen LogP contribution in [0.3, 0.4) is 0 Å². The molecule has 0 spiro atoms. The zero-order chi connectivity index (χ0) is 20.8. The van der Waals surface area contributed by atoms with Crippen molar-refractivity contribution in [3.05, 3.63) is 65.7 Å². The minimum atomic E-state index is 0.567. The third-order valence-corrected chi connectivity index (χ3v) is 4.77. The molecule has 0 amide bonds. The van der Waals surface area contributed by atoms with Gasteiger partial charge in [-0.1, -0.05) is 66.7 Å². The van der Waals surface area contributed by atoms with Crippen LogP contribution in [0.4, 0.5) is 0 Å². The number of benzene rings is 2. The number of rotatable bonds is 7. The third kappa shape index (κ3) is 4.31. The van der Waals surface area contributed by atoms with Gasteiger partial charge in [0.15, 0.2) is 11.6 Å². The van der Waals surface area contributed by atoms with Gasteiger partial charge in [-0.15, -0.1) is 11.0 Å². The topological polar surface area (TPSA) is 85.2 Å². The van der Waals surface area contributed by atoms with E-state index in [1.807, 2.05) is 29.8 Å². The van der Waals surface area contributed by atoms with Crippen LogP contribution in [0.25, 0.3) is 22.5 Å². The molecule has 7 nitrogen and oxygen atoms in total. The van der Waals surface area contributed by atoms with Gasteiger partial charge in [-0.25, -0.2) is 14.8 Å². The second kappa shape index (κ2) is 9.20. The Morgan fingerprint density at radius 2 is 1.90 bits per heavy atom. The van der Waals surface area contributed by atoms with Crippen molar-refractivity contribution in [2.24, 2.45) is 0 Å². The Hall–Kier alpha value is -3.70. The number of thiocarbonyl (C=S) groups is 1. The molecular weight excluding hydrogens is 394 g/mol. The zero-order valence-electron chi connectivity index (χ0n) is 16.4. The molecule has 4 aromatic rings. The van der Waals surface area contributed by atoms with E-state index in [9.17, 15) is 0 Å². The molecule has 0 saturated carbocycles. The molecule has 2 heterocycles. The first-order valence-electron chi connectivity index (χ1n) is 9.46. The van der Waals surface area contributed by atoms with Crippen LogP contribution in [0.2, 0.25) is 0 Å². The molecule has 0 aliphatic rings. The van der Waals surface area contributed by atoms with Gasteiger partial charge in [0.1, 0.15) is 5.82 Å². The van der Waals surface area contributed by atoms with Crippen LogP contribution in [0.15, 0.2) is 48.5 Å². The lowest BCUT2D eigenvalue weighted by atomic mass is 9.98. The Balaban J connectivity index is 1.60. The van der Waals surface area contributed by atoms with Gasteiger partial charge in [0, 0.05) is 12.0 Å². The molecule has 0 aliphatic heterocycles. The largest absolute Gasteiger partial charge is 0.244 e. The van der Waals surface area contributed by atoms with Gasteiger partial charge in [-0.3, -0.25) is 0 Å². The van der Waals surface area contributed by atoms with E-state index in [0.717, 1.165) is 33.9 Å². The highest BCUT2D eigenvalue weighted by Gasteiger charge is 2.11. The predicted octanol–water partition coefficient (Wildman–Crippen LogP) is 3.28. The summed E-state index contributed by atoms with van der Waals surface area (Å²) >= 11 is 4.95. The highest BCUT2D eigenvalue weighted by atomic mass is 32.1. The Morgan fingerprint density at radius 3 is 2.60 bits per heavy atom. The first-order chi connectivity index (χ1) is 14.8. The molecule has 2 aromatic heterocycles. The summed E-state index contributed by atoms with van der Waals surface area (Å²) in [4.78, 5) is 4.57. The van der Waals surface area contributed by atoms with E-state index in [-0.39, 0.29) is 0 Å². The first kappa shape index (κ1) is 19.6. The summed E-state index contributed by atoms with van der Waals surface area (Å²) in [6.07, 6.45) is 1.14. The van der Waals surface area contributed by atoms with E-state index in [4.69, 9.17) is 12.2 Å². The molecule has 0 saturated heterocycles. The number of H-pyrrole nitrogens is 1. The molecule has 8 heteroatoms. The number of aromatic nitrogens is 7. The predicted molar refractivity (Wildman–Crippen MR) is 119 cm³/mol. The van der Waals surface area contributed by atoms with E-state index >= 15 is 0 Å². The fraction of sp³-hybridized carbons (Fsp3) is 0.182. The van der Waals surface area contributed by atoms with Crippen molar-refractivity contribution < 1.29 is 0 Å². The third-order valence-electron chi connectivity index (χ3n) is 4.61. The molecule has 0 bridgehead atoms. The van der Waals surface area contributed by atoms with Gasteiger partial charge < -0.3 is 0 Å². The Bertz CT molecular complexity index is 1200. The number of hydrogen-bond donors (Lipinski definition) is 1. The Kier molecular flexibility index (Phi) is 6.01. The molecule has 30 heavy (non-hydrogen) atoms. The number of nitrogens with one attached hydrogen (secondary N) is 1. The van der Waals surface area contributed by atoms with Crippen molar-refractivity contribution in [1.82, 2.24) is 35.4 Å². The average molecular weight is 414 g/mol. The number of tetrazole rings is 1. The maximum Gasteiger partial charge on any atom is 0.180 e.